The summed E-state index contributed by atoms with van der Waals surface area (Å²) in [6.45, 7) is 11.9. The van der Waals surface area contributed by atoms with Gasteiger partial charge in [0.1, 0.15) is 0 Å². The van der Waals surface area contributed by atoms with E-state index in [2.05, 4.69) is 16.0 Å². The van der Waals surface area contributed by atoms with Crippen molar-refractivity contribution in [2.45, 2.75) is 65.6 Å². The standard InChI is InChI=1S/C13H27N3O2/c1-9(2)15-12(18)10(3)14-8-7-11(17)16-13(4,5)6/h9-10,14H,7-8H2,1-6H3,(H,15,18)(H,16,17). The molecule has 0 saturated heterocycles. The number of carbonyl (C=O) groups excluding carboxylic acids is 2. The van der Waals surface area contributed by atoms with Crippen molar-refractivity contribution < 1.29 is 9.59 Å². The summed E-state index contributed by atoms with van der Waals surface area (Å²) in [5.41, 5.74) is -0.211. The first-order valence-electron chi connectivity index (χ1n) is 6.46. The van der Waals surface area contributed by atoms with Gasteiger partial charge in [0, 0.05) is 24.5 Å². The van der Waals surface area contributed by atoms with Crippen LogP contribution in [0.1, 0.15) is 48.0 Å². The molecule has 5 nitrogen and oxygen atoms in total. The molecule has 0 spiro atoms. The van der Waals surface area contributed by atoms with Crippen molar-refractivity contribution in [1.29, 1.82) is 0 Å². The van der Waals surface area contributed by atoms with Crippen molar-refractivity contribution in [3.05, 3.63) is 0 Å². The molecule has 0 aliphatic heterocycles. The van der Waals surface area contributed by atoms with Gasteiger partial charge in [0.05, 0.1) is 6.04 Å². The Morgan fingerprint density at radius 3 is 2.11 bits per heavy atom. The third-order valence-corrected chi connectivity index (χ3v) is 2.14. The lowest BCUT2D eigenvalue weighted by molar-refractivity contribution is -0.124. The van der Waals surface area contributed by atoms with Crippen LogP contribution in [-0.2, 0) is 9.59 Å². The second kappa shape index (κ2) is 7.36. The topological polar surface area (TPSA) is 70.2 Å². The lowest BCUT2D eigenvalue weighted by Crippen LogP contribution is -2.46. The zero-order valence-corrected chi connectivity index (χ0v) is 12.4. The van der Waals surface area contributed by atoms with Gasteiger partial charge in [-0.25, -0.2) is 0 Å². The second-order valence-corrected chi connectivity index (χ2v) is 5.89. The number of rotatable bonds is 6. The van der Waals surface area contributed by atoms with Gasteiger partial charge in [0.2, 0.25) is 11.8 Å². The summed E-state index contributed by atoms with van der Waals surface area (Å²) in [6.07, 6.45) is 0.372. The smallest absolute Gasteiger partial charge is 0.237 e. The van der Waals surface area contributed by atoms with E-state index in [9.17, 15) is 9.59 Å². The molecule has 0 aromatic rings. The maximum absolute atomic E-state index is 11.6. The molecule has 0 aromatic heterocycles. The Bertz CT molecular complexity index is 282. The van der Waals surface area contributed by atoms with Crippen LogP contribution in [-0.4, -0.2) is 36.0 Å². The largest absolute Gasteiger partial charge is 0.353 e. The van der Waals surface area contributed by atoms with Crippen LogP contribution in [0.2, 0.25) is 0 Å². The molecule has 0 heterocycles. The fraction of sp³-hybridized carbons (Fsp3) is 0.846. The third kappa shape index (κ3) is 8.98. The second-order valence-electron chi connectivity index (χ2n) is 5.89. The van der Waals surface area contributed by atoms with Gasteiger partial charge in [-0.15, -0.1) is 0 Å². The highest BCUT2D eigenvalue weighted by molar-refractivity contribution is 5.81. The molecular weight excluding hydrogens is 230 g/mol. The maximum atomic E-state index is 11.6. The van der Waals surface area contributed by atoms with Crippen molar-refractivity contribution >= 4 is 11.8 Å². The average Bonchev–Trinajstić information content (AvgIpc) is 2.13. The predicted molar refractivity (Wildman–Crippen MR) is 73.3 cm³/mol. The van der Waals surface area contributed by atoms with Crippen LogP contribution in [0.3, 0.4) is 0 Å². The summed E-state index contributed by atoms with van der Waals surface area (Å²) in [6, 6.07) is -0.152. The van der Waals surface area contributed by atoms with Gasteiger partial charge in [-0.05, 0) is 41.5 Å². The van der Waals surface area contributed by atoms with Gasteiger partial charge >= 0.3 is 0 Å². The number of nitrogens with one attached hydrogen (secondary N) is 3. The van der Waals surface area contributed by atoms with Gasteiger partial charge in [-0.2, -0.15) is 0 Å². The molecule has 5 heteroatoms. The fourth-order valence-corrected chi connectivity index (χ4v) is 1.39. The molecule has 1 atom stereocenters. The molecular formula is C13H27N3O2. The Kier molecular flexibility index (Phi) is 6.91. The van der Waals surface area contributed by atoms with E-state index in [0.29, 0.717) is 13.0 Å². The fourth-order valence-electron chi connectivity index (χ4n) is 1.39. The van der Waals surface area contributed by atoms with Crippen molar-refractivity contribution in [3.63, 3.8) is 0 Å². The van der Waals surface area contributed by atoms with Gasteiger partial charge in [0.15, 0.2) is 0 Å². The molecule has 2 amide bonds. The van der Waals surface area contributed by atoms with Gasteiger partial charge < -0.3 is 16.0 Å². The minimum atomic E-state index is -0.283. The minimum Gasteiger partial charge on any atom is -0.353 e. The Morgan fingerprint density at radius 1 is 1.11 bits per heavy atom. The summed E-state index contributed by atoms with van der Waals surface area (Å²) in [5.74, 6) is -0.0484. The molecule has 0 aliphatic carbocycles. The summed E-state index contributed by atoms with van der Waals surface area (Å²) in [5, 5.41) is 8.72. The highest BCUT2D eigenvalue weighted by Gasteiger charge is 2.15. The van der Waals surface area contributed by atoms with Crippen LogP contribution in [0.5, 0.6) is 0 Å². The van der Waals surface area contributed by atoms with E-state index in [1.54, 1.807) is 6.92 Å². The minimum absolute atomic E-state index is 0.00790. The lowest BCUT2D eigenvalue weighted by atomic mass is 10.1. The van der Waals surface area contributed by atoms with Gasteiger partial charge in [-0.1, -0.05) is 0 Å². The first-order valence-corrected chi connectivity index (χ1v) is 6.46. The summed E-state index contributed by atoms with van der Waals surface area (Å²) in [7, 11) is 0. The van der Waals surface area contributed by atoms with Crippen LogP contribution in [0.25, 0.3) is 0 Å². The molecule has 0 aromatic carbocycles. The molecule has 0 saturated carbocycles. The van der Waals surface area contributed by atoms with Crippen molar-refractivity contribution in [2.24, 2.45) is 0 Å². The molecule has 0 radical (unpaired) electrons. The summed E-state index contributed by atoms with van der Waals surface area (Å²) < 4.78 is 0. The average molecular weight is 257 g/mol. The van der Waals surface area contributed by atoms with E-state index in [-0.39, 0.29) is 29.4 Å². The SMILES string of the molecule is CC(C)NC(=O)C(C)NCCC(=O)NC(C)(C)C. The predicted octanol–water partition coefficient (Wildman–Crippen LogP) is 0.794. The first kappa shape index (κ1) is 16.9. The highest BCUT2D eigenvalue weighted by Crippen LogP contribution is 1.98. The molecule has 0 bridgehead atoms. The van der Waals surface area contributed by atoms with E-state index >= 15 is 0 Å². The van der Waals surface area contributed by atoms with E-state index < -0.39 is 0 Å². The highest BCUT2D eigenvalue weighted by atomic mass is 16.2. The van der Waals surface area contributed by atoms with Gasteiger partial charge in [-0.3, -0.25) is 9.59 Å². The number of carbonyl (C=O) groups is 2. The van der Waals surface area contributed by atoms with E-state index in [4.69, 9.17) is 0 Å². The van der Waals surface area contributed by atoms with E-state index in [1.807, 2.05) is 34.6 Å². The van der Waals surface area contributed by atoms with E-state index in [0.717, 1.165) is 0 Å². The quantitative estimate of drug-likeness (QED) is 0.659. The molecule has 0 rings (SSSR count). The lowest BCUT2D eigenvalue weighted by Gasteiger charge is -2.21. The number of hydrogen-bond donors (Lipinski definition) is 3. The molecule has 106 valence electrons. The van der Waals surface area contributed by atoms with Crippen molar-refractivity contribution in [2.75, 3.05) is 6.54 Å². The number of hydrogen-bond acceptors (Lipinski definition) is 3. The zero-order chi connectivity index (χ0) is 14.3. The molecule has 1 unspecified atom stereocenters. The summed E-state index contributed by atoms with van der Waals surface area (Å²) in [4.78, 5) is 23.1. The van der Waals surface area contributed by atoms with Crippen LogP contribution in [0, 0.1) is 0 Å². The zero-order valence-electron chi connectivity index (χ0n) is 12.4. The van der Waals surface area contributed by atoms with Crippen LogP contribution in [0.15, 0.2) is 0 Å². The van der Waals surface area contributed by atoms with Crippen LogP contribution < -0.4 is 16.0 Å². The molecule has 0 aliphatic rings. The molecule has 0 fully saturated rings. The monoisotopic (exact) mass is 257 g/mol. The number of amides is 2. The molecule has 3 N–H and O–H groups in total. The van der Waals surface area contributed by atoms with Crippen LogP contribution in [0.4, 0.5) is 0 Å². The Balaban J connectivity index is 3.84. The Morgan fingerprint density at radius 2 is 1.67 bits per heavy atom. The van der Waals surface area contributed by atoms with Crippen LogP contribution >= 0.6 is 0 Å². The van der Waals surface area contributed by atoms with Gasteiger partial charge in [0.25, 0.3) is 0 Å². The normalized spacial score (nSPS) is 13.3. The maximum Gasteiger partial charge on any atom is 0.237 e. The molecule has 18 heavy (non-hydrogen) atoms. The van der Waals surface area contributed by atoms with Crippen molar-refractivity contribution in [1.82, 2.24) is 16.0 Å². The third-order valence-electron chi connectivity index (χ3n) is 2.14. The Labute approximate surface area is 110 Å². The summed E-state index contributed by atoms with van der Waals surface area (Å²) >= 11 is 0. The van der Waals surface area contributed by atoms with Crippen molar-refractivity contribution in [3.8, 4) is 0 Å². The Hall–Kier alpha value is -1.10. The first-order chi connectivity index (χ1) is 8.11. The van der Waals surface area contributed by atoms with E-state index in [1.165, 1.54) is 0 Å².